The zero-order valence-electron chi connectivity index (χ0n) is 6.65. The van der Waals surface area contributed by atoms with Gasteiger partial charge in [-0.15, -0.1) is 0 Å². The van der Waals surface area contributed by atoms with Crippen molar-refractivity contribution in [2.75, 3.05) is 0 Å². The summed E-state index contributed by atoms with van der Waals surface area (Å²) in [5.41, 5.74) is 1.69. The maximum absolute atomic E-state index is 2.41. The Hall–Kier alpha value is -0.260. The predicted octanol–water partition coefficient (Wildman–Crippen LogP) is 3.00. The minimum absolute atomic E-state index is 0.853. The van der Waals surface area contributed by atoms with Gasteiger partial charge in [0.05, 0.1) is 0 Å². The third kappa shape index (κ3) is 1.17. The first-order valence-corrected chi connectivity index (χ1v) is 3.96. The van der Waals surface area contributed by atoms with Crippen molar-refractivity contribution in [3.8, 4) is 0 Å². The van der Waals surface area contributed by atoms with Gasteiger partial charge in [0, 0.05) is 0 Å². The van der Waals surface area contributed by atoms with E-state index < -0.39 is 0 Å². The summed E-state index contributed by atoms with van der Waals surface area (Å²) in [4.78, 5) is 0. The molecule has 1 aliphatic carbocycles. The largest absolute Gasteiger partial charge is 0.0816 e. The van der Waals surface area contributed by atoms with Crippen molar-refractivity contribution < 1.29 is 0 Å². The quantitative estimate of drug-likeness (QED) is 0.496. The van der Waals surface area contributed by atoms with E-state index in [1.165, 1.54) is 12.8 Å². The average Bonchev–Trinajstić information content (AvgIpc) is 1.88. The second-order valence-electron chi connectivity index (χ2n) is 3.14. The van der Waals surface area contributed by atoms with Crippen LogP contribution in [0.3, 0.4) is 0 Å². The number of hydrogen-bond donors (Lipinski definition) is 0. The Balaban J connectivity index is 2.37. The molecule has 2 atom stereocenters. The fourth-order valence-electron chi connectivity index (χ4n) is 1.45. The molecular weight excluding hydrogens is 108 g/mol. The first kappa shape index (κ1) is 6.85. The van der Waals surface area contributed by atoms with E-state index in [1.54, 1.807) is 5.57 Å². The van der Waals surface area contributed by atoms with E-state index in [-0.39, 0.29) is 0 Å². The van der Waals surface area contributed by atoms with Crippen LogP contribution < -0.4 is 0 Å². The van der Waals surface area contributed by atoms with Crippen LogP contribution in [0.4, 0.5) is 0 Å². The molecule has 52 valence electrons. The van der Waals surface area contributed by atoms with E-state index in [0.29, 0.717) is 0 Å². The SMILES string of the molecule is CCCC1=CC(C)C1C. The highest BCUT2D eigenvalue weighted by Gasteiger charge is 2.22. The third-order valence-electron chi connectivity index (χ3n) is 2.39. The van der Waals surface area contributed by atoms with E-state index in [2.05, 4.69) is 26.8 Å². The molecule has 0 aliphatic heterocycles. The van der Waals surface area contributed by atoms with Crippen molar-refractivity contribution in [3.63, 3.8) is 0 Å². The van der Waals surface area contributed by atoms with Gasteiger partial charge in [-0.1, -0.05) is 38.8 Å². The summed E-state index contributed by atoms with van der Waals surface area (Å²) < 4.78 is 0. The first-order chi connectivity index (χ1) is 4.25. The van der Waals surface area contributed by atoms with E-state index in [1.807, 2.05) is 0 Å². The maximum atomic E-state index is 2.41. The Morgan fingerprint density at radius 1 is 1.44 bits per heavy atom. The molecule has 0 heterocycles. The molecule has 0 saturated heterocycles. The lowest BCUT2D eigenvalue weighted by Gasteiger charge is -2.30. The second kappa shape index (κ2) is 2.55. The molecule has 9 heavy (non-hydrogen) atoms. The smallest absolute Gasteiger partial charge is 0.0171 e. The fourth-order valence-corrected chi connectivity index (χ4v) is 1.45. The van der Waals surface area contributed by atoms with Gasteiger partial charge in [0.15, 0.2) is 0 Å². The Bertz CT molecular complexity index is 122. The summed E-state index contributed by atoms with van der Waals surface area (Å²) in [7, 11) is 0. The van der Waals surface area contributed by atoms with Gasteiger partial charge in [-0.25, -0.2) is 0 Å². The molecule has 1 rings (SSSR count). The Morgan fingerprint density at radius 2 is 2.11 bits per heavy atom. The van der Waals surface area contributed by atoms with Crippen LogP contribution in [0.15, 0.2) is 11.6 Å². The van der Waals surface area contributed by atoms with Crippen LogP contribution in [0.5, 0.6) is 0 Å². The molecule has 1 aliphatic rings. The standard InChI is InChI=1S/C9H16/c1-4-5-9-6-7(2)8(9)3/h6-8H,4-5H2,1-3H3. The van der Waals surface area contributed by atoms with Crippen molar-refractivity contribution in [1.29, 1.82) is 0 Å². The normalized spacial score (nSPS) is 33.4. The lowest BCUT2D eigenvalue weighted by atomic mass is 9.75. The van der Waals surface area contributed by atoms with E-state index >= 15 is 0 Å². The van der Waals surface area contributed by atoms with Crippen molar-refractivity contribution in [2.45, 2.75) is 33.6 Å². The monoisotopic (exact) mass is 124 g/mol. The topological polar surface area (TPSA) is 0 Å². The molecule has 0 aromatic heterocycles. The summed E-state index contributed by atoms with van der Waals surface area (Å²) in [6, 6.07) is 0. The summed E-state index contributed by atoms with van der Waals surface area (Å²) in [6.07, 6.45) is 5.04. The van der Waals surface area contributed by atoms with Gasteiger partial charge >= 0.3 is 0 Å². The molecule has 2 unspecified atom stereocenters. The number of hydrogen-bond acceptors (Lipinski definition) is 0. The lowest BCUT2D eigenvalue weighted by Crippen LogP contribution is -2.18. The fraction of sp³-hybridized carbons (Fsp3) is 0.778. The Labute approximate surface area is 58.0 Å². The highest BCUT2D eigenvalue weighted by atomic mass is 14.3. The van der Waals surface area contributed by atoms with Gasteiger partial charge in [0.1, 0.15) is 0 Å². The van der Waals surface area contributed by atoms with Gasteiger partial charge in [-0.2, -0.15) is 0 Å². The van der Waals surface area contributed by atoms with Crippen LogP contribution in [-0.4, -0.2) is 0 Å². The van der Waals surface area contributed by atoms with Crippen LogP contribution in [0, 0.1) is 11.8 Å². The Morgan fingerprint density at radius 3 is 2.44 bits per heavy atom. The average molecular weight is 124 g/mol. The number of rotatable bonds is 2. The van der Waals surface area contributed by atoms with E-state index in [9.17, 15) is 0 Å². The van der Waals surface area contributed by atoms with Gasteiger partial charge < -0.3 is 0 Å². The molecule has 0 radical (unpaired) electrons. The zero-order chi connectivity index (χ0) is 6.85. The van der Waals surface area contributed by atoms with Crippen molar-refractivity contribution in [2.24, 2.45) is 11.8 Å². The highest BCUT2D eigenvalue weighted by molar-refractivity contribution is 5.19. The van der Waals surface area contributed by atoms with Crippen molar-refractivity contribution >= 4 is 0 Å². The summed E-state index contributed by atoms with van der Waals surface area (Å²) >= 11 is 0. The van der Waals surface area contributed by atoms with Gasteiger partial charge in [0.25, 0.3) is 0 Å². The molecule has 0 N–H and O–H groups in total. The molecule has 0 amide bonds. The molecule has 0 fully saturated rings. The van der Waals surface area contributed by atoms with Gasteiger partial charge in [0.2, 0.25) is 0 Å². The summed E-state index contributed by atoms with van der Waals surface area (Å²) in [5, 5.41) is 0. The number of allylic oxidation sites excluding steroid dienone is 2. The molecule has 0 aromatic carbocycles. The molecule has 0 heteroatoms. The van der Waals surface area contributed by atoms with Crippen LogP contribution in [0.2, 0.25) is 0 Å². The van der Waals surface area contributed by atoms with E-state index in [0.717, 1.165) is 11.8 Å². The van der Waals surface area contributed by atoms with Crippen LogP contribution in [-0.2, 0) is 0 Å². The third-order valence-corrected chi connectivity index (χ3v) is 2.39. The molecular formula is C9H16. The zero-order valence-corrected chi connectivity index (χ0v) is 6.65. The van der Waals surface area contributed by atoms with Crippen molar-refractivity contribution in [1.82, 2.24) is 0 Å². The molecule has 0 bridgehead atoms. The van der Waals surface area contributed by atoms with Crippen LogP contribution >= 0.6 is 0 Å². The van der Waals surface area contributed by atoms with Gasteiger partial charge in [-0.05, 0) is 18.3 Å². The summed E-state index contributed by atoms with van der Waals surface area (Å²) in [5.74, 6) is 1.73. The summed E-state index contributed by atoms with van der Waals surface area (Å²) in [6.45, 7) is 6.87. The maximum Gasteiger partial charge on any atom is -0.0171 e. The molecule has 0 spiro atoms. The van der Waals surface area contributed by atoms with Crippen molar-refractivity contribution in [3.05, 3.63) is 11.6 Å². The minimum atomic E-state index is 0.853. The highest BCUT2D eigenvalue weighted by Crippen LogP contribution is 2.35. The second-order valence-corrected chi connectivity index (χ2v) is 3.14. The predicted molar refractivity (Wildman–Crippen MR) is 41.3 cm³/mol. The van der Waals surface area contributed by atoms with Crippen LogP contribution in [0.1, 0.15) is 33.6 Å². The first-order valence-electron chi connectivity index (χ1n) is 3.96. The molecule has 0 nitrogen and oxygen atoms in total. The van der Waals surface area contributed by atoms with Crippen LogP contribution in [0.25, 0.3) is 0 Å². The minimum Gasteiger partial charge on any atom is -0.0816 e. The van der Waals surface area contributed by atoms with Gasteiger partial charge in [-0.3, -0.25) is 0 Å². The van der Waals surface area contributed by atoms with E-state index in [4.69, 9.17) is 0 Å². The Kier molecular flexibility index (Phi) is 1.94. The molecule has 0 aromatic rings. The molecule has 0 saturated carbocycles. The lowest BCUT2D eigenvalue weighted by molar-refractivity contribution is 0.443.